The molecule has 2 fully saturated rings. The summed E-state index contributed by atoms with van der Waals surface area (Å²) in [5.41, 5.74) is 0. The standard InChI is InChI=1S/C13H26N2O2S/c1-2-7-14-8-4-9-18(16,17)15-10-12-5-3-6-13(12)11-15/h12-14H,2-11H2,1H3. The van der Waals surface area contributed by atoms with E-state index in [4.69, 9.17) is 0 Å². The van der Waals surface area contributed by atoms with Gasteiger partial charge in [0.15, 0.2) is 0 Å². The Labute approximate surface area is 111 Å². The van der Waals surface area contributed by atoms with Gasteiger partial charge in [0.2, 0.25) is 10.0 Å². The lowest BCUT2D eigenvalue weighted by Crippen LogP contribution is -2.33. The van der Waals surface area contributed by atoms with Gasteiger partial charge in [-0.2, -0.15) is 0 Å². The minimum atomic E-state index is -3.00. The van der Waals surface area contributed by atoms with Gasteiger partial charge in [0, 0.05) is 13.1 Å². The van der Waals surface area contributed by atoms with Crippen LogP contribution < -0.4 is 5.32 Å². The van der Waals surface area contributed by atoms with Gasteiger partial charge in [-0.05, 0) is 50.6 Å². The molecule has 0 spiro atoms. The maximum Gasteiger partial charge on any atom is 0.214 e. The van der Waals surface area contributed by atoms with Crippen LogP contribution in [0.1, 0.15) is 39.0 Å². The summed E-state index contributed by atoms with van der Waals surface area (Å²) in [5.74, 6) is 1.61. The molecule has 1 N–H and O–H groups in total. The van der Waals surface area contributed by atoms with Gasteiger partial charge in [0.05, 0.1) is 5.75 Å². The SMILES string of the molecule is CCCNCCCS(=O)(=O)N1CC2CCCC2C1. The Hall–Kier alpha value is -0.130. The molecular formula is C13H26N2O2S. The molecule has 2 unspecified atom stereocenters. The largest absolute Gasteiger partial charge is 0.317 e. The molecule has 0 bridgehead atoms. The van der Waals surface area contributed by atoms with Gasteiger partial charge in [0.1, 0.15) is 0 Å². The number of fused-ring (bicyclic) bond motifs is 1. The Kier molecular flexibility index (Phi) is 5.04. The van der Waals surface area contributed by atoms with Crippen molar-refractivity contribution in [2.45, 2.75) is 39.0 Å². The summed E-state index contributed by atoms with van der Waals surface area (Å²) in [6.07, 6.45) is 5.59. The third-order valence-electron chi connectivity index (χ3n) is 4.27. The fourth-order valence-corrected chi connectivity index (χ4v) is 4.83. The molecule has 1 aliphatic carbocycles. The van der Waals surface area contributed by atoms with Gasteiger partial charge in [-0.3, -0.25) is 0 Å². The summed E-state index contributed by atoms with van der Waals surface area (Å²) in [6, 6.07) is 0. The third kappa shape index (κ3) is 3.45. The first kappa shape index (κ1) is 14.3. The van der Waals surface area contributed by atoms with Crippen LogP contribution in [0, 0.1) is 11.8 Å². The van der Waals surface area contributed by atoms with E-state index in [0.717, 1.165) is 39.0 Å². The molecular weight excluding hydrogens is 248 g/mol. The van der Waals surface area contributed by atoms with Crippen LogP contribution in [0.5, 0.6) is 0 Å². The predicted molar refractivity (Wildman–Crippen MR) is 74.0 cm³/mol. The highest BCUT2D eigenvalue weighted by atomic mass is 32.2. The highest BCUT2D eigenvalue weighted by Gasteiger charge is 2.40. The molecule has 2 aliphatic rings. The molecule has 5 heteroatoms. The molecule has 4 nitrogen and oxygen atoms in total. The Morgan fingerprint density at radius 2 is 1.83 bits per heavy atom. The fraction of sp³-hybridized carbons (Fsp3) is 1.00. The fourth-order valence-electron chi connectivity index (χ4n) is 3.23. The van der Waals surface area contributed by atoms with Crippen LogP contribution in [0.25, 0.3) is 0 Å². The van der Waals surface area contributed by atoms with Crippen LogP contribution in [0.15, 0.2) is 0 Å². The summed E-state index contributed by atoms with van der Waals surface area (Å²) < 4.78 is 26.1. The Balaban J connectivity index is 1.74. The van der Waals surface area contributed by atoms with Crippen LogP contribution in [0.3, 0.4) is 0 Å². The maximum absolute atomic E-state index is 12.2. The topological polar surface area (TPSA) is 49.4 Å². The van der Waals surface area contributed by atoms with E-state index in [1.165, 1.54) is 19.3 Å². The summed E-state index contributed by atoms with van der Waals surface area (Å²) in [4.78, 5) is 0. The summed E-state index contributed by atoms with van der Waals surface area (Å²) >= 11 is 0. The number of sulfonamides is 1. The van der Waals surface area contributed by atoms with Crippen molar-refractivity contribution < 1.29 is 8.42 Å². The van der Waals surface area contributed by atoms with E-state index in [1.54, 1.807) is 4.31 Å². The van der Waals surface area contributed by atoms with E-state index in [1.807, 2.05) is 0 Å². The molecule has 0 amide bonds. The molecule has 0 aromatic carbocycles. The van der Waals surface area contributed by atoms with Gasteiger partial charge < -0.3 is 5.32 Å². The van der Waals surface area contributed by atoms with E-state index < -0.39 is 10.0 Å². The second kappa shape index (κ2) is 6.35. The van der Waals surface area contributed by atoms with E-state index in [0.29, 0.717) is 17.6 Å². The van der Waals surface area contributed by atoms with E-state index in [2.05, 4.69) is 12.2 Å². The molecule has 1 heterocycles. The number of hydrogen-bond donors (Lipinski definition) is 1. The quantitative estimate of drug-likeness (QED) is 0.715. The van der Waals surface area contributed by atoms with Gasteiger partial charge in [-0.1, -0.05) is 13.3 Å². The Morgan fingerprint density at radius 3 is 2.44 bits per heavy atom. The number of nitrogens with one attached hydrogen (secondary N) is 1. The summed E-state index contributed by atoms with van der Waals surface area (Å²) in [6.45, 7) is 5.49. The normalized spacial score (nSPS) is 28.7. The van der Waals surface area contributed by atoms with Crippen LogP contribution in [0.4, 0.5) is 0 Å². The van der Waals surface area contributed by atoms with Crippen molar-refractivity contribution >= 4 is 10.0 Å². The lowest BCUT2D eigenvalue weighted by molar-refractivity contribution is 0.444. The summed E-state index contributed by atoms with van der Waals surface area (Å²) in [5, 5.41) is 3.26. The lowest BCUT2D eigenvalue weighted by Gasteiger charge is -2.17. The average Bonchev–Trinajstić information content (AvgIpc) is 2.88. The van der Waals surface area contributed by atoms with Crippen LogP contribution in [-0.2, 0) is 10.0 Å². The monoisotopic (exact) mass is 274 g/mol. The molecule has 2 rings (SSSR count). The van der Waals surface area contributed by atoms with Crippen molar-refractivity contribution in [1.29, 1.82) is 0 Å². The lowest BCUT2D eigenvalue weighted by atomic mass is 10.0. The minimum absolute atomic E-state index is 0.309. The van der Waals surface area contributed by atoms with Crippen molar-refractivity contribution in [3.8, 4) is 0 Å². The van der Waals surface area contributed by atoms with Gasteiger partial charge >= 0.3 is 0 Å². The molecule has 2 atom stereocenters. The molecule has 0 radical (unpaired) electrons. The first-order chi connectivity index (χ1) is 8.63. The number of rotatable bonds is 7. The molecule has 1 saturated carbocycles. The Morgan fingerprint density at radius 1 is 1.17 bits per heavy atom. The van der Waals surface area contributed by atoms with Crippen molar-refractivity contribution in [2.24, 2.45) is 11.8 Å². The molecule has 0 aromatic rings. The molecule has 18 heavy (non-hydrogen) atoms. The van der Waals surface area contributed by atoms with E-state index in [9.17, 15) is 8.42 Å². The average molecular weight is 274 g/mol. The highest BCUT2D eigenvalue weighted by molar-refractivity contribution is 7.89. The van der Waals surface area contributed by atoms with Crippen molar-refractivity contribution in [2.75, 3.05) is 31.9 Å². The second-order valence-electron chi connectivity index (χ2n) is 5.69. The van der Waals surface area contributed by atoms with Crippen molar-refractivity contribution in [1.82, 2.24) is 9.62 Å². The molecule has 106 valence electrons. The van der Waals surface area contributed by atoms with Gasteiger partial charge in [-0.15, -0.1) is 0 Å². The van der Waals surface area contributed by atoms with Crippen molar-refractivity contribution in [3.63, 3.8) is 0 Å². The highest BCUT2D eigenvalue weighted by Crippen LogP contribution is 2.38. The maximum atomic E-state index is 12.2. The van der Waals surface area contributed by atoms with Crippen LogP contribution >= 0.6 is 0 Å². The Bertz CT molecular complexity index is 344. The van der Waals surface area contributed by atoms with Gasteiger partial charge in [-0.25, -0.2) is 12.7 Å². The van der Waals surface area contributed by atoms with E-state index in [-0.39, 0.29) is 0 Å². The summed E-state index contributed by atoms with van der Waals surface area (Å²) in [7, 11) is -3.00. The zero-order valence-electron chi connectivity index (χ0n) is 11.4. The predicted octanol–water partition coefficient (Wildman–Crippen LogP) is 1.44. The van der Waals surface area contributed by atoms with Crippen LogP contribution in [0.2, 0.25) is 0 Å². The number of nitrogens with zero attached hydrogens (tertiary/aromatic N) is 1. The van der Waals surface area contributed by atoms with Gasteiger partial charge in [0.25, 0.3) is 0 Å². The molecule has 1 saturated heterocycles. The smallest absolute Gasteiger partial charge is 0.214 e. The third-order valence-corrected chi connectivity index (χ3v) is 6.16. The minimum Gasteiger partial charge on any atom is -0.317 e. The van der Waals surface area contributed by atoms with E-state index >= 15 is 0 Å². The molecule has 0 aromatic heterocycles. The molecule has 1 aliphatic heterocycles. The second-order valence-corrected chi connectivity index (χ2v) is 7.78. The zero-order chi connectivity index (χ0) is 13.0. The first-order valence-corrected chi connectivity index (χ1v) is 8.93. The number of hydrogen-bond acceptors (Lipinski definition) is 3. The van der Waals surface area contributed by atoms with Crippen molar-refractivity contribution in [3.05, 3.63) is 0 Å². The first-order valence-electron chi connectivity index (χ1n) is 7.32. The zero-order valence-corrected chi connectivity index (χ0v) is 12.2. The van der Waals surface area contributed by atoms with Crippen LogP contribution in [-0.4, -0.2) is 44.7 Å².